The number of carbonyl (C=O) groups excluding carboxylic acids is 2. The van der Waals surface area contributed by atoms with Gasteiger partial charge in [-0.05, 0) is 24.3 Å². The van der Waals surface area contributed by atoms with Gasteiger partial charge < -0.3 is 5.32 Å². The highest BCUT2D eigenvalue weighted by Gasteiger charge is 2.11. The van der Waals surface area contributed by atoms with E-state index in [-0.39, 0.29) is 17.5 Å². The van der Waals surface area contributed by atoms with Crippen LogP contribution in [0.3, 0.4) is 0 Å². The molecule has 3 amide bonds. The molecule has 0 aliphatic rings. The van der Waals surface area contributed by atoms with Gasteiger partial charge in [0.2, 0.25) is 11.0 Å². The van der Waals surface area contributed by atoms with E-state index in [1.807, 2.05) is 6.07 Å². The highest BCUT2D eigenvalue weighted by atomic mass is 35.5. The fraction of sp³-hybridized carbons (Fsp3) is 0.0556. The molecule has 0 spiro atoms. The first kappa shape index (κ1) is 20.7. The molecule has 148 valence electrons. The number of urea groups is 1. The minimum Gasteiger partial charge on any atom is -0.308 e. The standard InChI is InChI=1S/C18H14Cl2N6O2S/c19-12-7-6-11(14(20)8-12)10-21-24-15(27)9-16-25-26-18(29-16)23-17(28)22-13-4-2-1-3-5-13/h1-8,10H,9H2,(H,24,27)(H2,22,23,26,28)/b21-10-. The van der Waals surface area contributed by atoms with E-state index in [2.05, 4.69) is 31.4 Å². The molecule has 0 atom stereocenters. The lowest BCUT2D eigenvalue weighted by Crippen LogP contribution is -2.19. The second-order valence-corrected chi connectivity index (χ2v) is 7.49. The van der Waals surface area contributed by atoms with Gasteiger partial charge in [-0.2, -0.15) is 5.10 Å². The molecule has 0 radical (unpaired) electrons. The number of halogens is 2. The molecule has 8 nitrogen and oxygen atoms in total. The molecule has 0 unspecified atom stereocenters. The van der Waals surface area contributed by atoms with Gasteiger partial charge in [0.25, 0.3) is 0 Å². The fourth-order valence-electron chi connectivity index (χ4n) is 2.11. The van der Waals surface area contributed by atoms with E-state index in [4.69, 9.17) is 23.2 Å². The van der Waals surface area contributed by atoms with Crippen molar-refractivity contribution in [2.45, 2.75) is 6.42 Å². The van der Waals surface area contributed by atoms with Gasteiger partial charge >= 0.3 is 6.03 Å². The molecule has 3 N–H and O–H groups in total. The number of anilines is 2. The van der Waals surface area contributed by atoms with E-state index in [9.17, 15) is 9.59 Å². The predicted molar refractivity (Wildman–Crippen MR) is 115 cm³/mol. The molecule has 3 rings (SSSR count). The lowest BCUT2D eigenvalue weighted by molar-refractivity contribution is -0.120. The van der Waals surface area contributed by atoms with Crippen LogP contribution in [0.4, 0.5) is 15.6 Å². The summed E-state index contributed by atoms with van der Waals surface area (Å²) >= 11 is 12.9. The average Bonchev–Trinajstić information content (AvgIpc) is 3.10. The van der Waals surface area contributed by atoms with Crippen LogP contribution in [-0.4, -0.2) is 28.4 Å². The lowest BCUT2D eigenvalue weighted by atomic mass is 10.2. The molecular formula is C18H14Cl2N6O2S. The number of hydrogen-bond acceptors (Lipinski definition) is 6. The number of hydrazone groups is 1. The molecule has 0 saturated heterocycles. The van der Waals surface area contributed by atoms with Crippen LogP contribution in [-0.2, 0) is 11.2 Å². The van der Waals surface area contributed by atoms with Crippen molar-refractivity contribution in [3.05, 3.63) is 69.1 Å². The minimum atomic E-state index is -0.451. The van der Waals surface area contributed by atoms with E-state index in [1.165, 1.54) is 6.21 Å². The second kappa shape index (κ2) is 9.97. The second-order valence-electron chi connectivity index (χ2n) is 5.58. The zero-order chi connectivity index (χ0) is 20.6. The van der Waals surface area contributed by atoms with Crippen LogP contribution in [0.25, 0.3) is 0 Å². The van der Waals surface area contributed by atoms with Crippen molar-refractivity contribution in [1.82, 2.24) is 15.6 Å². The van der Waals surface area contributed by atoms with Crippen LogP contribution in [0.5, 0.6) is 0 Å². The maximum absolute atomic E-state index is 12.0. The highest BCUT2D eigenvalue weighted by molar-refractivity contribution is 7.15. The first-order valence-electron chi connectivity index (χ1n) is 8.22. The molecule has 11 heteroatoms. The van der Waals surface area contributed by atoms with Gasteiger partial charge in [-0.25, -0.2) is 10.2 Å². The number of aromatic nitrogens is 2. The number of rotatable bonds is 6. The van der Waals surface area contributed by atoms with Crippen LogP contribution >= 0.6 is 34.5 Å². The Morgan fingerprint density at radius 2 is 1.86 bits per heavy atom. The summed E-state index contributed by atoms with van der Waals surface area (Å²) in [6.45, 7) is 0. The summed E-state index contributed by atoms with van der Waals surface area (Å²) in [6, 6.07) is 13.5. The van der Waals surface area contributed by atoms with Crippen LogP contribution in [0, 0.1) is 0 Å². The van der Waals surface area contributed by atoms with Crippen LogP contribution < -0.4 is 16.1 Å². The van der Waals surface area contributed by atoms with E-state index in [1.54, 1.807) is 42.5 Å². The molecule has 0 saturated carbocycles. The molecule has 0 bridgehead atoms. The smallest absolute Gasteiger partial charge is 0.308 e. The predicted octanol–water partition coefficient (Wildman–Crippen LogP) is 4.18. The molecular weight excluding hydrogens is 435 g/mol. The van der Waals surface area contributed by atoms with Crippen LogP contribution in [0.1, 0.15) is 10.6 Å². The molecule has 0 aliphatic heterocycles. The van der Waals surface area contributed by atoms with Gasteiger partial charge in [0.05, 0.1) is 17.7 Å². The van der Waals surface area contributed by atoms with Crippen molar-refractivity contribution in [1.29, 1.82) is 0 Å². The van der Waals surface area contributed by atoms with Crippen LogP contribution in [0.2, 0.25) is 10.0 Å². The first-order chi connectivity index (χ1) is 14.0. The minimum absolute atomic E-state index is 0.0364. The molecule has 2 aromatic carbocycles. The number of amides is 3. The number of nitrogens with zero attached hydrogens (tertiary/aromatic N) is 3. The van der Waals surface area contributed by atoms with Crippen molar-refractivity contribution >= 4 is 63.5 Å². The average molecular weight is 449 g/mol. The topological polar surface area (TPSA) is 108 Å². The van der Waals surface area contributed by atoms with Gasteiger partial charge in [0.15, 0.2) is 0 Å². The molecule has 3 aromatic rings. The Morgan fingerprint density at radius 3 is 2.62 bits per heavy atom. The van der Waals surface area contributed by atoms with Crippen molar-refractivity contribution in [3.63, 3.8) is 0 Å². The van der Waals surface area contributed by atoms with E-state index in [0.717, 1.165) is 11.3 Å². The molecule has 1 aromatic heterocycles. The Hall–Kier alpha value is -3.01. The zero-order valence-electron chi connectivity index (χ0n) is 14.7. The molecule has 1 heterocycles. The SMILES string of the molecule is O=C(Cc1nnc(NC(=O)Nc2ccccc2)s1)N/N=C\c1ccc(Cl)cc1Cl. The Bertz CT molecular complexity index is 1040. The first-order valence-corrected chi connectivity index (χ1v) is 9.79. The summed E-state index contributed by atoms with van der Waals surface area (Å²) in [5.41, 5.74) is 3.64. The lowest BCUT2D eigenvalue weighted by Gasteiger charge is -2.03. The van der Waals surface area contributed by atoms with E-state index >= 15 is 0 Å². The maximum Gasteiger partial charge on any atom is 0.325 e. The third-order valence-corrected chi connectivity index (χ3v) is 4.79. The number of carbonyl (C=O) groups is 2. The van der Waals surface area contributed by atoms with Crippen LogP contribution in [0.15, 0.2) is 53.6 Å². The van der Waals surface area contributed by atoms with E-state index < -0.39 is 6.03 Å². The normalized spacial score (nSPS) is 10.7. The Labute approximate surface area is 179 Å². The fourth-order valence-corrected chi connectivity index (χ4v) is 3.30. The van der Waals surface area contributed by atoms with E-state index in [0.29, 0.717) is 26.3 Å². The maximum atomic E-state index is 12.0. The summed E-state index contributed by atoms with van der Waals surface area (Å²) < 4.78 is 0. The molecule has 0 aliphatic carbocycles. The number of para-hydroxylation sites is 1. The third-order valence-electron chi connectivity index (χ3n) is 3.39. The van der Waals surface area contributed by atoms with Crippen molar-refractivity contribution in [2.24, 2.45) is 5.10 Å². The Kier molecular flexibility index (Phi) is 7.12. The monoisotopic (exact) mass is 448 g/mol. The summed E-state index contributed by atoms with van der Waals surface area (Å²) in [4.78, 5) is 23.9. The van der Waals surface area contributed by atoms with Gasteiger partial charge in [0, 0.05) is 16.3 Å². The quantitative estimate of drug-likeness (QED) is 0.388. The van der Waals surface area contributed by atoms with Gasteiger partial charge in [-0.1, -0.05) is 58.8 Å². The number of nitrogens with one attached hydrogen (secondary N) is 3. The zero-order valence-corrected chi connectivity index (χ0v) is 17.1. The Balaban J connectivity index is 1.48. The Morgan fingerprint density at radius 1 is 1.07 bits per heavy atom. The molecule has 0 fully saturated rings. The highest BCUT2D eigenvalue weighted by Crippen LogP contribution is 2.19. The van der Waals surface area contributed by atoms with Crippen molar-refractivity contribution in [3.8, 4) is 0 Å². The van der Waals surface area contributed by atoms with Gasteiger partial charge in [-0.15, -0.1) is 10.2 Å². The summed E-state index contributed by atoms with van der Waals surface area (Å²) in [5, 5.41) is 18.4. The number of benzene rings is 2. The van der Waals surface area contributed by atoms with Crippen molar-refractivity contribution < 1.29 is 9.59 Å². The van der Waals surface area contributed by atoms with Gasteiger partial charge in [0.1, 0.15) is 5.01 Å². The van der Waals surface area contributed by atoms with Gasteiger partial charge in [-0.3, -0.25) is 10.1 Å². The summed E-state index contributed by atoms with van der Waals surface area (Å²) in [5.74, 6) is -0.386. The molecule has 29 heavy (non-hydrogen) atoms. The largest absolute Gasteiger partial charge is 0.325 e. The number of hydrogen-bond donors (Lipinski definition) is 3. The summed E-state index contributed by atoms with van der Waals surface area (Å²) in [7, 11) is 0. The third kappa shape index (κ3) is 6.53. The summed E-state index contributed by atoms with van der Waals surface area (Å²) in [6.07, 6.45) is 1.38. The van der Waals surface area contributed by atoms with Crippen molar-refractivity contribution in [2.75, 3.05) is 10.6 Å².